The number of anilines is 1. The van der Waals surface area contributed by atoms with Crippen molar-refractivity contribution in [2.45, 2.75) is 25.8 Å². The molecule has 0 unspecified atom stereocenters. The molecule has 1 aromatic carbocycles. The van der Waals surface area contributed by atoms with Gasteiger partial charge in [0.05, 0.1) is 4.92 Å². The Hall–Kier alpha value is -1.76. The molecule has 1 aromatic rings. The van der Waals surface area contributed by atoms with Crippen LogP contribution < -0.4 is 10.6 Å². The summed E-state index contributed by atoms with van der Waals surface area (Å²) >= 11 is 1.90. The lowest BCUT2D eigenvalue weighted by Gasteiger charge is -2.23. The third-order valence-electron chi connectivity index (χ3n) is 3.37. The molecule has 7 heteroatoms. The van der Waals surface area contributed by atoms with Crippen LogP contribution in [0.15, 0.2) is 18.2 Å². The smallest absolute Gasteiger partial charge is 0.292 e. The Morgan fingerprint density at radius 1 is 1.43 bits per heavy atom. The molecular weight excluding hydrogens is 290 g/mol. The van der Waals surface area contributed by atoms with Crippen LogP contribution in [-0.2, 0) is 0 Å². The number of nitro benzene ring substituents is 1. The van der Waals surface area contributed by atoms with Crippen molar-refractivity contribution in [2.75, 3.05) is 23.4 Å². The van der Waals surface area contributed by atoms with Crippen LogP contribution >= 0.6 is 11.8 Å². The van der Waals surface area contributed by atoms with E-state index in [1.54, 1.807) is 6.07 Å². The molecule has 0 atom stereocenters. The summed E-state index contributed by atoms with van der Waals surface area (Å²) in [7, 11) is 0. The minimum absolute atomic E-state index is 0.0151. The zero-order valence-corrected chi connectivity index (χ0v) is 12.7. The van der Waals surface area contributed by atoms with E-state index in [-0.39, 0.29) is 17.6 Å². The molecule has 6 nitrogen and oxygen atoms in total. The van der Waals surface area contributed by atoms with E-state index in [0.717, 1.165) is 24.3 Å². The number of rotatable bonds is 5. The van der Waals surface area contributed by atoms with Crippen LogP contribution in [0.3, 0.4) is 0 Å². The van der Waals surface area contributed by atoms with Gasteiger partial charge in [-0.05, 0) is 43.4 Å². The fraction of sp³-hybridized carbons (Fsp3) is 0.500. The molecule has 2 N–H and O–H groups in total. The van der Waals surface area contributed by atoms with E-state index < -0.39 is 4.92 Å². The summed E-state index contributed by atoms with van der Waals surface area (Å²) < 4.78 is 0. The Balaban J connectivity index is 2.23. The number of carbonyl (C=O) groups is 1. The first-order valence-electron chi connectivity index (χ1n) is 7.02. The number of nitro groups is 1. The number of nitrogens with one attached hydrogen (secondary N) is 2. The topological polar surface area (TPSA) is 84.3 Å². The summed E-state index contributed by atoms with van der Waals surface area (Å²) in [6.07, 6.45) is 1.96. The largest absolute Gasteiger partial charge is 0.377 e. The Morgan fingerprint density at radius 2 is 2.14 bits per heavy atom. The van der Waals surface area contributed by atoms with Gasteiger partial charge in [-0.3, -0.25) is 14.9 Å². The van der Waals surface area contributed by atoms with E-state index in [1.165, 1.54) is 12.1 Å². The normalized spacial score (nSPS) is 15.5. The van der Waals surface area contributed by atoms with Gasteiger partial charge in [0.2, 0.25) is 0 Å². The lowest BCUT2D eigenvalue weighted by molar-refractivity contribution is -0.384. The Morgan fingerprint density at radius 3 is 2.76 bits per heavy atom. The monoisotopic (exact) mass is 309 g/mol. The maximum atomic E-state index is 11.9. The second-order valence-electron chi connectivity index (χ2n) is 4.88. The second kappa shape index (κ2) is 7.31. The molecule has 0 aliphatic carbocycles. The maximum Gasteiger partial charge on any atom is 0.292 e. The quantitative estimate of drug-likeness (QED) is 0.645. The molecule has 1 aliphatic rings. The first-order chi connectivity index (χ1) is 10.1. The summed E-state index contributed by atoms with van der Waals surface area (Å²) in [5, 5.41) is 17.1. The minimum atomic E-state index is -0.415. The molecular formula is C14H19N3O3S. The highest BCUT2D eigenvalue weighted by atomic mass is 32.2. The molecule has 2 rings (SSSR count). The molecule has 0 spiro atoms. The van der Waals surface area contributed by atoms with Gasteiger partial charge >= 0.3 is 0 Å². The van der Waals surface area contributed by atoms with Gasteiger partial charge in [0.25, 0.3) is 11.6 Å². The average molecular weight is 309 g/mol. The lowest BCUT2D eigenvalue weighted by atomic mass is 10.1. The van der Waals surface area contributed by atoms with E-state index in [2.05, 4.69) is 10.6 Å². The molecule has 0 bridgehead atoms. The van der Waals surface area contributed by atoms with E-state index in [9.17, 15) is 14.9 Å². The number of carbonyl (C=O) groups excluding carboxylic acids is 1. The lowest BCUT2D eigenvalue weighted by Crippen LogP contribution is -2.26. The average Bonchev–Trinajstić information content (AvgIpc) is 2.48. The minimum Gasteiger partial charge on any atom is -0.377 e. The molecule has 21 heavy (non-hydrogen) atoms. The summed E-state index contributed by atoms with van der Waals surface area (Å²) in [4.78, 5) is 22.6. The van der Waals surface area contributed by atoms with Crippen LogP contribution in [0.4, 0.5) is 11.4 Å². The Bertz CT molecular complexity index is 530. The predicted octanol–water partition coefficient (Wildman–Crippen LogP) is 2.65. The Kier molecular flexibility index (Phi) is 5.44. The summed E-state index contributed by atoms with van der Waals surface area (Å²) in [6.45, 7) is 2.36. The van der Waals surface area contributed by atoms with Crippen molar-refractivity contribution in [3.8, 4) is 0 Å². The van der Waals surface area contributed by atoms with Crippen molar-refractivity contribution in [2.24, 2.45) is 0 Å². The molecule has 0 radical (unpaired) electrons. The van der Waals surface area contributed by atoms with Gasteiger partial charge < -0.3 is 10.6 Å². The van der Waals surface area contributed by atoms with Gasteiger partial charge in [-0.2, -0.15) is 11.8 Å². The SMILES string of the molecule is CCNC(=O)c1ccc([N+](=O)[O-])c(NC2CCSCC2)c1. The molecule has 1 aliphatic heterocycles. The molecule has 114 valence electrons. The molecule has 0 saturated carbocycles. The summed E-state index contributed by atoms with van der Waals surface area (Å²) in [5.74, 6) is 1.90. The zero-order chi connectivity index (χ0) is 15.2. The van der Waals surface area contributed by atoms with Gasteiger partial charge in [0, 0.05) is 24.2 Å². The fourth-order valence-corrected chi connectivity index (χ4v) is 3.38. The number of benzene rings is 1. The second-order valence-corrected chi connectivity index (χ2v) is 6.10. The van der Waals surface area contributed by atoms with Crippen LogP contribution in [0.1, 0.15) is 30.1 Å². The van der Waals surface area contributed by atoms with Crippen molar-refractivity contribution in [1.29, 1.82) is 0 Å². The van der Waals surface area contributed by atoms with Crippen LogP contribution in [0.5, 0.6) is 0 Å². The predicted molar refractivity (Wildman–Crippen MR) is 85.1 cm³/mol. The highest BCUT2D eigenvalue weighted by Crippen LogP contribution is 2.29. The van der Waals surface area contributed by atoms with Crippen LogP contribution in [0.2, 0.25) is 0 Å². The van der Waals surface area contributed by atoms with Crippen LogP contribution in [0.25, 0.3) is 0 Å². The molecule has 0 aromatic heterocycles. The van der Waals surface area contributed by atoms with Gasteiger partial charge in [-0.1, -0.05) is 0 Å². The van der Waals surface area contributed by atoms with E-state index >= 15 is 0 Å². The Labute approximate surface area is 127 Å². The third kappa shape index (κ3) is 4.10. The van der Waals surface area contributed by atoms with Gasteiger partial charge in [-0.25, -0.2) is 0 Å². The summed E-state index contributed by atoms with van der Waals surface area (Å²) in [6, 6.07) is 4.69. The van der Waals surface area contributed by atoms with Crippen molar-refractivity contribution in [1.82, 2.24) is 5.32 Å². The highest BCUT2D eigenvalue weighted by molar-refractivity contribution is 7.99. The van der Waals surface area contributed by atoms with Crippen molar-refractivity contribution >= 4 is 29.0 Å². The first-order valence-corrected chi connectivity index (χ1v) is 8.18. The number of hydrogen-bond acceptors (Lipinski definition) is 5. The summed E-state index contributed by atoms with van der Waals surface area (Å²) in [5.41, 5.74) is 0.886. The number of hydrogen-bond donors (Lipinski definition) is 2. The molecule has 1 fully saturated rings. The third-order valence-corrected chi connectivity index (χ3v) is 4.42. The molecule has 1 saturated heterocycles. The molecule has 1 amide bonds. The number of amides is 1. The van der Waals surface area contributed by atoms with Gasteiger partial charge in [-0.15, -0.1) is 0 Å². The van der Waals surface area contributed by atoms with E-state index in [4.69, 9.17) is 0 Å². The standard InChI is InChI=1S/C14H19N3O3S/c1-2-15-14(18)10-3-4-13(17(19)20)12(9-10)16-11-5-7-21-8-6-11/h3-4,9,11,16H,2,5-8H2,1H3,(H,15,18). The first kappa shape index (κ1) is 15.6. The van der Waals surface area contributed by atoms with Crippen molar-refractivity contribution in [3.63, 3.8) is 0 Å². The van der Waals surface area contributed by atoms with Gasteiger partial charge in [0.15, 0.2) is 0 Å². The number of nitrogens with zero attached hydrogens (tertiary/aromatic N) is 1. The zero-order valence-electron chi connectivity index (χ0n) is 11.9. The van der Waals surface area contributed by atoms with E-state index in [0.29, 0.717) is 17.8 Å². The van der Waals surface area contributed by atoms with Crippen molar-refractivity contribution in [3.05, 3.63) is 33.9 Å². The van der Waals surface area contributed by atoms with Crippen molar-refractivity contribution < 1.29 is 9.72 Å². The number of thioether (sulfide) groups is 1. The van der Waals surface area contributed by atoms with Crippen LogP contribution in [-0.4, -0.2) is 34.9 Å². The molecule has 1 heterocycles. The van der Waals surface area contributed by atoms with E-state index in [1.807, 2.05) is 18.7 Å². The van der Waals surface area contributed by atoms with Gasteiger partial charge in [0.1, 0.15) is 5.69 Å². The maximum absolute atomic E-state index is 11.9. The van der Waals surface area contributed by atoms with Crippen LogP contribution in [0, 0.1) is 10.1 Å². The highest BCUT2D eigenvalue weighted by Gasteiger charge is 2.20. The fourth-order valence-electron chi connectivity index (χ4n) is 2.28.